The Hall–Kier alpha value is -0.940. The smallest absolute Gasteiger partial charge is 0.146 e. The fourth-order valence-electron chi connectivity index (χ4n) is 2.53. The van der Waals surface area contributed by atoms with Crippen molar-refractivity contribution in [1.82, 2.24) is 19.7 Å². The third-order valence-electron chi connectivity index (χ3n) is 3.72. The number of likely N-dealkylation sites (tertiary alicyclic amines) is 1. The van der Waals surface area contributed by atoms with E-state index >= 15 is 0 Å². The van der Waals surface area contributed by atoms with Crippen molar-refractivity contribution in [3.8, 4) is 0 Å². The van der Waals surface area contributed by atoms with Crippen LogP contribution in [0.1, 0.15) is 37.3 Å². The SMILES string of the molecule is Cc1nnc(CN2CCCC2CCCO)n1C. The van der Waals surface area contributed by atoms with Gasteiger partial charge in [0.2, 0.25) is 0 Å². The molecule has 0 radical (unpaired) electrons. The van der Waals surface area contributed by atoms with Crippen LogP contribution in [0.15, 0.2) is 0 Å². The summed E-state index contributed by atoms with van der Waals surface area (Å²) in [7, 11) is 2.02. The molecule has 96 valence electrons. The monoisotopic (exact) mass is 238 g/mol. The molecule has 0 saturated carbocycles. The molecule has 0 aromatic carbocycles. The van der Waals surface area contributed by atoms with Gasteiger partial charge in [-0.05, 0) is 39.2 Å². The van der Waals surface area contributed by atoms with Crippen LogP contribution in [-0.2, 0) is 13.6 Å². The average Bonchev–Trinajstić information content (AvgIpc) is 2.89. The lowest BCUT2D eigenvalue weighted by atomic mass is 10.1. The van der Waals surface area contributed by atoms with Gasteiger partial charge in [0.05, 0.1) is 6.54 Å². The van der Waals surface area contributed by atoms with E-state index in [9.17, 15) is 0 Å². The Kier molecular flexibility index (Phi) is 4.12. The van der Waals surface area contributed by atoms with Gasteiger partial charge < -0.3 is 9.67 Å². The maximum Gasteiger partial charge on any atom is 0.146 e. The van der Waals surface area contributed by atoms with Gasteiger partial charge >= 0.3 is 0 Å². The predicted octanol–water partition coefficient (Wildman–Crippen LogP) is 0.860. The summed E-state index contributed by atoms with van der Waals surface area (Å²) in [6.45, 7) is 4.30. The third-order valence-corrected chi connectivity index (χ3v) is 3.72. The minimum Gasteiger partial charge on any atom is -0.396 e. The van der Waals surface area contributed by atoms with Gasteiger partial charge in [0.1, 0.15) is 11.6 Å². The normalized spacial score (nSPS) is 21.2. The summed E-state index contributed by atoms with van der Waals surface area (Å²) in [6.07, 6.45) is 4.50. The van der Waals surface area contributed by atoms with E-state index in [-0.39, 0.29) is 0 Å². The van der Waals surface area contributed by atoms with Crippen LogP contribution >= 0.6 is 0 Å². The molecule has 1 saturated heterocycles. The number of aliphatic hydroxyl groups is 1. The van der Waals surface area contributed by atoms with Crippen molar-refractivity contribution in [3.63, 3.8) is 0 Å². The lowest BCUT2D eigenvalue weighted by molar-refractivity contribution is 0.205. The van der Waals surface area contributed by atoms with Crippen LogP contribution in [0.5, 0.6) is 0 Å². The molecular weight excluding hydrogens is 216 g/mol. The van der Waals surface area contributed by atoms with E-state index < -0.39 is 0 Å². The van der Waals surface area contributed by atoms with Crippen molar-refractivity contribution in [2.75, 3.05) is 13.2 Å². The summed E-state index contributed by atoms with van der Waals surface area (Å²) in [5.41, 5.74) is 0. The Morgan fingerprint density at radius 1 is 1.41 bits per heavy atom. The molecule has 2 rings (SSSR count). The number of hydrogen-bond acceptors (Lipinski definition) is 4. The first-order chi connectivity index (χ1) is 8.22. The van der Waals surface area contributed by atoms with Gasteiger partial charge in [-0.1, -0.05) is 0 Å². The lowest BCUT2D eigenvalue weighted by Crippen LogP contribution is -2.30. The highest BCUT2D eigenvalue weighted by molar-refractivity contribution is 4.94. The Morgan fingerprint density at radius 3 is 2.88 bits per heavy atom. The summed E-state index contributed by atoms with van der Waals surface area (Å²) >= 11 is 0. The van der Waals surface area contributed by atoms with E-state index in [2.05, 4.69) is 19.7 Å². The quantitative estimate of drug-likeness (QED) is 0.826. The molecule has 0 amide bonds. The topological polar surface area (TPSA) is 54.2 Å². The number of aryl methyl sites for hydroxylation is 1. The molecule has 5 nitrogen and oxygen atoms in total. The van der Waals surface area contributed by atoms with Crippen LogP contribution < -0.4 is 0 Å². The Labute approximate surface area is 102 Å². The molecule has 1 fully saturated rings. The first-order valence-corrected chi connectivity index (χ1v) is 6.42. The number of nitrogens with zero attached hydrogens (tertiary/aromatic N) is 4. The van der Waals surface area contributed by atoms with E-state index in [0.29, 0.717) is 12.6 Å². The maximum atomic E-state index is 8.91. The molecule has 0 bridgehead atoms. The van der Waals surface area contributed by atoms with Crippen LogP contribution in [0.2, 0.25) is 0 Å². The minimum atomic E-state index is 0.299. The van der Waals surface area contributed by atoms with Gasteiger partial charge in [0.25, 0.3) is 0 Å². The zero-order valence-corrected chi connectivity index (χ0v) is 10.8. The highest BCUT2D eigenvalue weighted by Crippen LogP contribution is 2.22. The van der Waals surface area contributed by atoms with Crippen LogP contribution in [0.25, 0.3) is 0 Å². The molecule has 1 aromatic heterocycles. The van der Waals surface area contributed by atoms with Crippen molar-refractivity contribution >= 4 is 0 Å². The van der Waals surface area contributed by atoms with Gasteiger partial charge in [-0.3, -0.25) is 4.90 Å². The van der Waals surface area contributed by atoms with Gasteiger partial charge in [-0.25, -0.2) is 0 Å². The zero-order chi connectivity index (χ0) is 12.3. The van der Waals surface area contributed by atoms with Gasteiger partial charge in [-0.2, -0.15) is 0 Å². The largest absolute Gasteiger partial charge is 0.396 e. The second-order valence-electron chi connectivity index (χ2n) is 4.85. The summed E-state index contributed by atoms with van der Waals surface area (Å²) in [5.74, 6) is 2.00. The Bertz CT molecular complexity index is 363. The number of rotatable bonds is 5. The number of aliphatic hydroxyl groups excluding tert-OH is 1. The van der Waals surface area contributed by atoms with E-state index in [1.54, 1.807) is 0 Å². The maximum absolute atomic E-state index is 8.91. The van der Waals surface area contributed by atoms with Gasteiger partial charge in [0, 0.05) is 19.7 Å². The van der Waals surface area contributed by atoms with Crippen molar-refractivity contribution in [2.45, 2.75) is 45.2 Å². The summed E-state index contributed by atoms with van der Waals surface area (Å²) in [4.78, 5) is 2.47. The van der Waals surface area contributed by atoms with Crippen LogP contribution in [0.4, 0.5) is 0 Å². The molecule has 5 heteroatoms. The fourth-order valence-corrected chi connectivity index (χ4v) is 2.53. The number of aromatic nitrogens is 3. The van der Waals surface area contributed by atoms with Crippen molar-refractivity contribution in [1.29, 1.82) is 0 Å². The Morgan fingerprint density at radius 2 is 2.24 bits per heavy atom. The first-order valence-electron chi connectivity index (χ1n) is 6.42. The van der Waals surface area contributed by atoms with E-state index in [1.807, 2.05) is 14.0 Å². The average molecular weight is 238 g/mol. The van der Waals surface area contributed by atoms with Gasteiger partial charge in [0.15, 0.2) is 0 Å². The highest BCUT2D eigenvalue weighted by Gasteiger charge is 2.25. The first kappa shape index (κ1) is 12.5. The van der Waals surface area contributed by atoms with E-state index in [1.165, 1.54) is 12.8 Å². The van der Waals surface area contributed by atoms with Crippen molar-refractivity contribution < 1.29 is 5.11 Å². The molecule has 1 aliphatic heterocycles. The number of hydrogen-bond donors (Lipinski definition) is 1. The molecule has 1 atom stereocenters. The van der Waals surface area contributed by atoms with Crippen molar-refractivity contribution in [2.24, 2.45) is 7.05 Å². The zero-order valence-electron chi connectivity index (χ0n) is 10.8. The lowest BCUT2D eigenvalue weighted by Gasteiger charge is -2.23. The van der Waals surface area contributed by atoms with Crippen LogP contribution in [0, 0.1) is 6.92 Å². The van der Waals surface area contributed by atoms with Crippen molar-refractivity contribution in [3.05, 3.63) is 11.6 Å². The highest BCUT2D eigenvalue weighted by atomic mass is 16.2. The second-order valence-corrected chi connectivity index (χ2v) is 4.85. The molecule has 1 aromatic rings. The molecule has 1 aliphatic rings. The van der Waals surface area contributed by atoms with E-state index in [0.717, 1.165) is 37.6 Å². The minimum absolute atomic E-state index is 0.299. The van der Waals surface area contributed by atoms with Crippen LogP contribution in [-0.4, -0.2) is 44.0 Å². The summed E-state index contributed by atoms with van der Waals surface area (Å²) in [5, 5.41) is 17.2. The summed E-state index contributed by atoms with van der Waals surface area (Å²) in [6, 6.07) is 0.610. The molecule has 1 unspecified atom stereocenters. The molecule has 1 N–H and O–H groups in total. The summed E-state index contributed by atoms with van der Waals surface area (Å²) < 4.78 is 2.06. The molecule has 2 heterocycles. The van der Waals surface area contributed by atoms with Gasteiger partial charge in [-0.15, -0.1) is 10.2 Å². The molecule has 0 spiro atoms. The van der Waals surface area contributed by atoms with Crippen LogP contribution in [0.3, 0.4) is 0 Å². The second kappa shape index (κ2) is 5.60. The third kappa shape index (κ3) is 2.84. The molecule has 17 heavy (non-hydrogen) atoms. The molecule has 0 aliphatic carbocycles. The molecular formula is C12H22N4O. The van der Waals surface area contributed by atoms with E-state index in [4.69, 9.17) is 5.11 Å². The Balaban J connectivity index is 1.95. The standard InChI is InChI=1S/C12H22N4O/c1-10-13-14-12(15(10)2)9-16-7-3-5-11(16)6-4-8-17/h11,17H,3-9H2,1-2H3. The fraction of sp³-hybridized carbons (Fsp3) is 0.833. The predicted molar refractivity (Wildman–Crippen MR) is 65.5 cm³/mol.